The molecule has 0 aliphatic rings. The van der Waals surface area contributed by atoms with Crippen molar-refractivity contribution in [2.75, 3.05) is 0 Å². The Balaban J connectivity index is 5.49. The molecule has 0 saturated carbocycles. The van der Waals surface area contributed by atoms with Crippen LogP contribution in [0.4, 0.5) is 0 Å². The van der Waals surface area contributed by atoms with Gasteiger partial charge in [0, 0.05) is 4.75 Å². The van der Waals surface area contributed by atoms with Crippen LogP contribution in [-0.2, 0) is 4.79 Å². The highest BCUT2D eigenvalue weighted by Crippen LogP contribution is 2.52. The Morgan fingerprint density at radius 3 is 0.667 bits per heavy atom. The molecule has 3 heteroatoms. The van der Waals surface area contributed by atoms with Crippen molar-refractivity contribution in [1.82, 2.24) is 0 Å². The Morgan fingerprint density at radius 2 is 0.481 bits per heavy atom. The maximum absolute atomic E-state index is 13.8. The number of hydrogen-bond acceptors (Lipinski definition) is 2. The Labute approximate surface area is 347 Å². The number of unbranched alkanes of at least 4 members (excludes halogenated alkanes) is 36. The van der Waals surface area contributed by atoms with Crippen LogP contribution in [-0.4, -0.2) is 15.8 Å². The summed E-state index contributed by atoms with van der Waals surface area (Å²) in [6, 6.07) is 0. The molecule has 0 unspecified atom stereocenters. The monoisotopic (exact) mass is 779 g/mol. The Kier molecular flexibility index (Phi) is 40.9. The fourth-order valence-corrected chi connectivity index (χ4v) is 9.88. The topological polar surface area (TPSA) is 37.3 Å². The molecule has 0 aliphatic heterocycles. The highest BCUT2D eigenvalue weighted by atomic mass is 32.1. The van der Waals surface area contributed by atoms with Gasteiger partial charge in [0.15, 0.2) is 0 Å². The number of carboxylic acids is 1. The molecule has 0 bridgehead atoms. The second-order valence-electron chi connectivity index (χ2n) is 18.1. The standard InChI is InChI=1S/C51H102O2S/c1-5-9-13-17-21-25-29-33-37-41-45-50(49(52)53,46-42-38-34-30-26-22-18-14-10-6-2)51(54,47-43-39-35-31-27-23-19-15-11-7-3)48-44-40-36-32-28-24-20-16-12-8-4/h54H,5-48H2,1-4H3,(H,52,53). The van der Waals surface area contributed by atoms with Gasteiger partial charge in [-0.25, -0.2) is 0 Å². The summed E-state index contributed by atoms with van der Waals surface area (Å²) in [6.45, 7) is 9.18. The normalized spacial score (nSPS) is 12.2. The van der Waals surface area contributed by atoms with Gasteiger partial charge in [-0.1, -0.05) is 285 Å². The van der Waals surface area contributed by atoms with Gasteiger partial charge in [0.1, 0.15) is 0 Å². The van der Waals surface area contributed by atoms with Crippen molar-refractivity contribution >= 4 is 18.6 Å². The third kappa shape index (κ3) is 30.0. The molecule has 0 saturated heterocycles. The lowest BCUT2D eigenvalue weighted by atomic mass is 9.64. The molecule has 0 fully saturated rings. The fraction of sp³-hybridized carbons (Fsp3) is 0.980. The summed E-state index contributed by atoms with van der Waals surface area (Å²) < 4.78 is -0.405. The van der Waals surface area contributed by atoms with Crippen LogP contribution in [0.2, 0.25) is 0 Å². The first-order valence-corrected chi connectivity index (χ1v) is 25.8. The molecule has 1 N–H and O–H groups in total. The maximum atomic E-state index is 13.8. The predicted molar refractivity (Wildman–Crippen MR) is 248 cm³/mol. The largest absolute Gasteiger partial charge is 0.481 e. The Hall–Kier alpha value is -0.180. The van der Waals surface area contributed by atoms with Gasteiger partial charge in [0.05, 0.1) is 5.41 Å². The number of carbonyl (C=O) groups is 1. The number of hydrogen-bond donors (Lipinski definition) is 2. The Morgan fingerprint density at radius 1 is 0.315 bits per heavy atom. The molecule has 0 radical (unpaired) electrons. The predicted octanol–water partition coefficient (Wildman–Crippen LogP) is 19.0. The zero-order chi connectivity index (χ0) is 39.7. The molecular formula is C51H102O2S. The Bertz CT molecular complexity index is 702. The fourth-order valence-electron chi connectivity index (χ4n) is 9.25. The van der Waals surface area contributed by atoms with Crippen LogP contribution >= 0.6 is 12.6 Å². The van der Waals surface area contributed by atoms with Crippen molar-refractivity contribution in [3.05, 3.63) is 0 Å². The van der Waals surface area contributed by atoms with Crippen molar-refractivity contribution in [2.45, 2.75) is 315 Å². The molecule has 0 heterocycles. The van der Waals surface area contributed by atoms with Gasteiger partial charge < -0.3 is 5.11 Å². The zero-order valence-electron chi connectivity index (χ0n) is 37.9. The van der Waals surface area contributed by atoms with E-state index in [-0.39, 0.29) is 0 Å². The molecule has 0 aliphatic carbocycles. The highest BCUT2D eigenvalue weighted by Gasteiger charge is 2.52. The van der Waals surface area contributed by atoms with E-state index in [2.05, 4.69) is 27.7 Å². The summed E-state index contributed by atoms with van der Waals surface area (Å²) in [7, 11) is 0. The van der Waals surface area contributed by atoms with Crippen LogP contribution in [0.25, 0.3) is 0 Å². The molecule has 324 valence electrons. The van der Waals surface area contributed by atoms with Crippen LogP contribution in [0, 0.1) is 5.41 Å². The van der Waals surface area contributed by atoms with E-state index in [1.54, 1.807) is 0 Å². The summed E-state index contributed by atoms with van der Waals surface area (Å²) in [6.07, 6.45) is 56.1. The van der Waals surface area contributed by atoms with Gasteiger partial charge in [-0.3, -0.25) is 4.79 Å². The summed E-state index contributed by atoms with van der Waals surface area (Å²) in [5, 5.41) is 11.3. The van der Waals surface area contributed by atoms with Crippen LogP contribution < -0.4 is 0 Å². The average molecular weight is 779 g/mol. The van der Waals surface area contributed by atoms with E-state index in [0.29, 0.717) is 0 Å². The molecule has 0 atom stereocenters. The first kappa shape index (κ1) is 53.8. The molecule has 0 amide bonds. The van der Waals surface area contributed by atoms with Gasteiger partial charge in [-0.05, 0) is 25.7 Å². The molecule has 0 spiro atoms. The minimum absolute atomic E-state index is 0.405. The molecule has 54 heavy (non-hydrogen) atoms. The molecule has 0 aromatic carbocycles. The van der Waals surface area contributed by atoms with E-state index < -0.39 is 16.1 Å². The minimum atomic E-state index is -0.699. The van der Waals surface area contributed by atoms with Crippen molar-refractivity contribution in [2.24, 2.45) is 5.41 Å². The summed E-state index contributed by atoms with van der Waals surface area (Å²) in [4.78, 5) is 13.8. The number of carboxylic acid groups (broad SMARTS) is 1. The lowest BCUT2D eigenvalue weighted by Gasteiger charge is -2.46. The lowest BCUT2D eigenvalue weighted by Crippen LogP contribution is -2.50. The lowest BCUT2D eigenvalue weighted by molar-refractivity contribution is -0.153. The van der Waals surface area contributed by atoms with Gasteiger partial charge in [0.25, 0.3) is 0 Å². The third-order valence-electron chi connectivity index (χ3n) is 13.1. The second-order valence-corrected chi connectivity index (χ2v) is 19.0. The van der Waals surface area contributed by atoms with Crippen molar-refractivity contribution < 1.29 is 9.90 Å². The SMILES string of the molecule is CCCCCCCCCCCCC(S)(CCCCCCCCCCCC)C(CCCCCCCCCCCC)(CCCCCCCCCCCC)C(=O)O. The zero-order valence-corrected chi connectivity index (χ0v) is 38.8. The number of aliphatic carboxylic acids is 1. The van der Waals surface area contributed by atoms with E-state index in [0.717, 1.165) is 51.4 Å². The molecule has 2 nitrogen and oxygen atoms in total. The van der Waals surface area contributed by atoms with Crippen LogP contribution in [0.5, 0.6) is 0 Å². The summed E-state index contributed by atoms with van der Waals surface area (Å²) >= 11 is 5.64. The summed E-state index contributed by atoms with van der Waals surface area (Å²) in [5.41, 5.74) is -0.699. The van der Waals surface area contributed by atoms with E-state index in [9.17, 15) is 9.90 Å². The smallest absolute Gasteiger partial charge is 0.311 e. The first-order valence-electron chi connectivity index (χ1n) is 25.4. The minimum Gasteiger partial charge on any atom is -0.481 e. The third-order valence-corrected chi connectivity index (χ3v) is 14.0. The van der Waals surface area contributed by atoms with E-state index in [4.69, 9.17) is 12.6 Å². The summed E-state index contributed by atoms with van der Waals surface area (Å²) in [5.74, 6) is -0.525. The van der Waals surface area contributed by atoms with E-state index >= 15 is 0 Å². The van der Waals surface area contributed by atoms with Crippen LogP contribution in [0.1, 0.15) is 310 Å². The van der Waals surface area contributed by atoms with Gasteiger partial charge >= 0.3 is 5.97 Å². The number of rotatable bonds is 46. The van der Waals surface area contributed by atoms with Crippen molar-refractivity contribution in [1.29, 1.82) is 0 Å². The molecule has 0 aromatic rings. The average Bonchev–Trinajstić information content (AvgIpc) is 3.16. The molecule has 0 aromatic heterocycles. The highest BCUT2D eigenvalue weighted by molar-refractivity contribution is 7.81. The molecule has 0 rings (SSSR count). The maximum Gasteiger partial charge on any atom is 0.311 e. The van der Waals surface area contributed by atoms with Gasteiger partial charge in [-0.2, -0.15) is 12.6 Å². The van der Waals surface area contributed by atoms with Gasteiger partial charge in [0.2, 0.25) is 0 Å². The van der Waals surface area contributed by atoms with Crippen LogP contribution in [0.15, 0.2) is 0 Å². The second kappa shape index (κ2) is 41.0. The van der Waals surface area contributed by atoms with Crippen LogP contribution in [0.3, 0.4) is 0 Å². The van der Waals surface area contributed by atoms with E-state index in [1.807, 2.05) is 0 Å². The first-order chi connectivity index (χ1) is 26.4. The van der Waals surface area contributed by atoms with Gasteiger partial charge in [-0.15, -0.1) is 0 Å². The molecular weight excluding hydrogens is 677 g/mol. The quantitative estimate of drug-likeness (QED) is 0.0477. The van der Waals surface area contributed by atoms with Crippen molar-refractivity contribution in [3.8, 4) is 0 Å². The number of thiol groups is 1. The van der Waals surface area contributed by atoms with E-state index in [1.165, 1.54) is 231 Å². The van der Waals surface area contributed by atoms with Crippen molar-refractivity contribution in [3.63, 3.8) is 0 Å².